The Morgan fingerprint density at radius 1 is 0.524 bits per heavy atom. The maximum Gasteiger partial charge on any atom is 3.00 e. The van der Waals surface area contributed by atoms with Crippen LogP contribution in [0.1, 0.15) is 0 Å². The first-order chi connectivity index (χ1) is 4.00. The summed E-state index contributed by atoms with van der Waals surface area (Å²) in [4.78, 5) is 0. The van der Waals surface area contributed by atoms with Crippen LogP contribution >= 0.6 is 0 Å². The first-order valence-corrected chi connectivity index (χ1v) is 4.05. The molecule has 0 rings (SSSR count). The molecule has 0 aliphatic rings. The van der Waals surface area contributed by atoms with Gasteiger partial charge in [0, 0.05) is 10.4 Å². The van der Waals surface area contributed by atoms with Crippen LogP contribution in [0.3, 0.4) is 0 Å². The predicted molar refractivity (Wildman–Crippen MR) is 64.7 cm³/mol. The average molecular weight is 400 g/mol. The SMILES string of the molecule is O.O.O.O.O.O.O.O.O.O.O=S(=O)([O-])O.O=S(=O)([O-])[O-].[Al+3]. The van der Waals surface area contributed by atoms with Crippen molar-refractivity contribution in [2.45, 2.75) is 0 Å². The van der Waals surface area contributed by atoms with Crippen molar-refractivity contribution in [3.05, 3.63) is 0 Å². The van der Waals surface area contributed by atoms with Crippen molar-refractivity contribution in [1.82, 2.24) is 0 Å². The van der Waals surface area contributed by atoms with E-state index >= 15 is 0 Å². The zero-order valence-corrected chi connectivity index (χ0v) is 12.5. The fraction of sp³-hybridized carbons (Fsp3) is 0. The Bertz CT molecular complexity index is 212. The van der Waals surface area contributed by atoms with Gasteiger partial charge >= 0.3 is 17.4 Å². The van der Waals surface area contributed by atoms with E-state index in [1.54, 1.807) is 0 Å². The third-order valence-corrected chi connectivity index (χ3v) is 0. The minimum Gasteiger partial charge on any atom is -0.759 e. The molecule has 0 amide bonds. The minimum atomic E-state index is -5.17. The van der Waals surface area contributed by atoms with Crippen molar-refractivity contribution in [2.75, 3.05) is 0 Å². The number of rotatable bonds is 0. The first kappa shape index (κ1) is 133. The zero-order valence-electron chi connectivity index (χ0n) is 9.70. The van der Waals surface area contributed by atoms with Crippen LogP contribution in [0.2, 0.25) is 0 Å². The molecule has 0 heterocycles. The topological polar surface area (TPSA) is 473 Å². The largest absolute Gasteiger partial charge is 3.00 e. The molecule has 0 aromatic rings. The summed E-state index contributed by atoms with van der Waals surface area (Å²) < 4.78 is 66.9. The van der Waals surface area contributed by atoms with Crippen molar-refractivity contribution >= 4 is 38.2 Å². The smallest absolute Gasteiger partial charge is 0.759 e. The Labute approximate surface area is 128 Å². The van der Waals surface area contributed by atoms with E-state index in [1.165, 1.54) is 0 Å². The summed E-state index contributed by atoms with van der Waals surface area (Å²) in [6, 6.07) is 0. The van der Waals surface area contributed by atoms with Crippen molar-refractivity contribution in [2.24, 2.45) is 0 Å². The van der Waals surface area contributed by atoms with Crippen molar-refractivity contribution in [3.63, 3.8) is 0 Å². The second-order valence-electron chi connectivity index (χ2n) is 0.836. The molecule has 0 atom stereocenters. The van der Waals surface area contributed by atoms with Crippen molar-refractivity contribution < 1.29 is 89.8 Å². The molecule has 0 saturated carbocycles. The molecule has 144 valence electrons. The van der Waals surface area contributed by atoms with Crippen LogP contribution in [-0.2, 0) is 20.8 Å². The Kier molecular flexibility index (Phi) is 318. The quantitative estimate of drug-likeness (QED) is 0.230. The Morgan fingerprint density at radius 3 is 0.524 bits per heavy atom. The molecule has 0 fully saturated rings. The molecule has 0 aliphatic heterocycles. The van der Waals surface area contributed by atoms with E-state index in [0.29, 0.717) is 0 Å². The fourth-order valence-electron chi connectivity index (χ4n) is 0. The molecule has 18 nitrogen and oxygen atoms in total. The molecule has 0 unspecified atom stereocenters. The minimum absolute atomic E-state index is 0. The summed E-state index contributed by atoms with van der Waals surface area (Å²) >= 11 is 0. The van der Waals surface area contributed by atoms with Gasteiger partial charge in [0.15, 0.2) is 0 Å². The van der Waals surface area contributed by atoms with Gasteiger partial charge < -0.3 is 68.4 Å². The van der Waals surface area contributed by atoms with Crippen LogP contribution in [0, 0.1) is 0 Å². The van der Waals surface area contributed by atoms with Crippen LogP contribution in [-0.4, -0.2) is 107 Å². The molecule has 0 radical (unpaired) electrons. The van der Waals surface area contributed by atoms with Gasteiger partial charge in [-0.15, -0.1) is 0 Å². The molecular formula is H21AlO18S2. The van der Waals surface area contributed by atoms with Gasteiger partial charge in [-0.2, -0.15) is 0 Å². The maximum atomic E-state index is 8.63. The molecular weight excluding hydrogens is 379 g/mol. The molecule has 21 N–H and O–H groups in total. The van der Waals surface area contributed by atoms with Gasteiger partial charge in [0.2, 0.25) is 10.4 Å². The van der Waals surface area contributed by atoms with E-state index < -0.39 is 20.8 Å². The summed E-state index contributed by atoms with van der Waals surface area (Å²) in [5, 5.41) is 0. The summed E-state index contributed by atoms with van der Waals surface area (Å²) in [6.45, 7) is 0. The second kappa shape index (κ2) is 50.2. The van der Waals surface area contributed by atoms with Crippen molar-refractivity contribution in [1.29, 1.82) is 0 Å². The van der Waals surface area contributed by atoms with Gasteiger partial charge in [-0.05, 0) is 0 Å². The van der Waals surface area contributed by atoms with Crippen LogP contribution in [0.25, 0.3) is 0 Å². The number of hydrogen-bond donors (Lipinski definition) is 1. The van der Waals surface area contributed by atoms with Gasteiger partial charge in [0.25, 0.3) is 0 Å². The fourth-order valence-corrected chi connectivity index (χ4v) is 0. The Hall–Kier alpha value is -0.128. The van der Waals surface area contributed by atoms with Crippen LogP contribution in [0.15, 0.2) is 0 Å². The Balaban J connectivity index is -0.00000000364. The summed E-state index contributed by atoms with van der Waals surface area (Å²) in [6.07, 6.45) is 0. The molecule has 0 aromatic heterocycles. The van der Waals surface area contributed by atoms with Crippen molar-refractivity contribution in [3.8, 4) is 0 Å². The van der Waals surface area contributed by atoms with Crippen LogP contribution < -0.4 is 0 Å². The molecule has 21 heteroatoms. The third kappa shape index (κ3) is 390000. The molecule has 21 heavy (non-hydrogen) atoms. The maximum absolute atomic E-state index is 8.63. The summed E-state index contributed by atoms with van der Waals surface area (Å²) in [7, 11) is -10.1. The molecule has 0 saturated heterocycles. The normalized spacial score (nSPS) is 5.52. The van der Waals surface area contributed by atoms with Gasteiger partial charge in [0.05, 0.1) is 0 Å². The van der Waals surface area contributed by atoms with Gasteiger partial charge in [0.1, 0.15) is 0 Å². The standard InChI is InChI=1S/Al.2H2O4S.10H2O/c;2*1-5(2,3)4;;;;;;;;;;/h;2*(H2,1,2,3,4);10*1H2/q+3;;;;;;;;;;;;/p-3. The Morgan fingerprint density at radius 2 is 0.524 bits per heavy atom. The second-order valence-corrected chi connectivity index (χ2v) is 2.51. The van der Waals surface area contributed by atoms with Gasteiger partial charge in [-0.1, -0.05) is 0 Å². The average Bonchev–Trinajstić information content (AvgIpc) is 1.12. The predicted octanol–water partition coefficient (Wildman–Crippen LogP) is -11.0. The van der Waals surface area contributed by atoms with E-state index in [9.17, 15) is 0 Å². The first-order valence-electron chi connectivity index (χ1n) is 1.35. The van der Waals surface area contributed by atoms with Gasteiger partial charge in [-0.25, -0.2) is 8.42 Å². The van der Waals surface area contributed by atoms with E-state index in [4.69, 9.17) is 35.0 Å². The zero-order chi connectivity index (χ0) is 9.00. The molecule has 0 aliphatic carbocycles. The molecule has 0 bridgehead atoms. The van der Waals surface area contributed by atoms with E-state index in [2.05, 4.69) is 0 Å². The summed E-state index contributed by atoms with van der Waals surface area (Å²) in [5.41, 5.74) is 0. The molecule has 0 aromatic carbocycles. The van der Waals surface area contributed by atoms with Crippen LogP contribution in [0.4, 0.5) is 0 Å². The van der Waals surface area contributed by atoms with E-state index in [-0.39, 0.29) is 72.1 Å². The molecule has 0 spiro atoms. The van der Waals surface area contributed by atoms with E-state index in [0.717, 1.165) is 0 Å². The third-order valence-electron chi connectivity index (χ3n) is 0. The van der Waals surface area contributed by atoms with Crippen LogP contribution in [0.5, 0.6) is 0 Å². The summed E-state index contributed by atoms with van der Waals surface area (Å²) in [5.74, 6) is 0. The monoisotopic (exact) mass is 400 g/mol. The van der Waals surface area contributed by atoms with E-state index in [1.807, 2.05) is 0 Å². The number of hydrogen-bond acceptors (Lipinski definition) is 7. The van der Waals surface area contributed by atoms with Gasteiger partial charge in [-0.3, -0.25) is 13.0 Å².